The number of halogens is 4. The fourth-order valence-corrected chi connectivity index (χ4v) is 2.12. The van der Waals surface area contributed by atoms with Gasteiger partial charge in [0.15, 0.2) is 0 Å². The minimum atomic E-state index is -4.59. The fraction of sp³-hybridized carbons (Fsp3) is 0.125. The topological polar surface area (TPSA) is 64.9 Å². The van der Waals surface area contributed by atoms with Crippen LogP contribution in [0.25, 0.3) is 0 Å². The average molecular weight is 354 g/mol. The molecule has 2 N–H and O–H groups in total. The summed E-state index contributed by atoms with van der Waals surface area (Å²) < 4.78 is 38.9. The van der Waals surface area contributed by atoms with E-state index in [-0.39, 0.29) is 17.3 Å². The molecule has 0 heterocycles. The second-order valence-electron chi connectivity index (χ2n) is 4.78. The van der Waals surface area contributed by atoms with Crippen LogP contribution in [0, 0.1) is 11.3 Å². The lowest BCUT2D eigenvalue weighted by atomic mass is 10.1. The molecule has 0 bridgehead atoms. The van der Waals surface area contributed by atoms with Gasteiger partial charge in [0.05, 0.1) is 23.7 Å². The number of carbonyl (C=O) groups is 1. The molecule has 1 amide bonds. The highest BCUT2D eigenvalue weighted by Crippen LogP contribution is 2.36. The van der Waals surface area contributed by atoms with E-state index in [2.05, 4.69) is 10.6 Å². The van der Waals surface area contributed by atoms with E-state index in [0.29, 0.717) is 11.3 Å². The van der Waals surface area contributed by atoms with Crippen molar-refractivity contribution in [2.45, 2.75) is 6.18 Å². The van der Waals surface area contributed by atoms with Gasteiger partial charge in [-0.3, -0.25) is 4.79 Å². The van der Waals surface area contributed by atoms with Gasteiger partial charge in [0.1, 0.15) is 0 Å². The number of nitrogens with zero attached hydrogens (tertiary/aromatic N) is 1. The molecule has 0 aliphatic heterocycles. The molecular formula is C16H11ClF3N3O. The molecule has 0 aliphatic rings. The highest BCUT2D eigenvalue weighted by molar-refractivity contribution is 6.30. The van der Waals surface area contributed by atoms with E-state index in [0.717, 1.165) is 12.1 Å². The maximum atomic E-state index is 13.0. The highest BCUT2D eigenvalue weighted by Gasteiger charge is 2.33. The molecule has 0 fully saturated rings. The lowest BCUT2D eigenvalue weighted by molar-refractivity contribution is -0.137. The number of benzene rings is 2. The van der Waals surface area contributed by atoms with Crippen LogP contribution in [-0.2, 0) is 11.0 Å². The van der Waals surface area contributed by atoms with E-state index in [1.807, 2.05) is 6.07 Å². The van der Waals surface area contributed by atoms with Crippen LogP contribution in [0.3, 0.4) is 0 Å². The van der Waals surface area contributed by atoms with Crippen LogP contribution in [0.4, 0.5) is 24.5 Å². The summed E-state index contributed by atoms with van der Waals surface area (Å²) in [5.74, 6) is -0.548. The van der Waals surface area contributed by atoms with Gasteiger partial charge in [-0.2, -0.15) is 18.4 Å². The summed E-state index contributed by atoms with van der Waals surface area (Å²) in [5.41, 5.74) is -0.451. The van der Waals surface area contributed by atoms with Gasteiger partial charge in [-0.05, 0) is 36.4 Å². The van der Waals surface area contributed by atoms with Gasteiger partial charge in [-0.25, -0.2) is 0 Å². The van der Waals surface area contributed by atoms with Crippen LogP contribution in [0.2, 0.25) is 5.02 Å². The van der Waals surface area contributed by atoms with Gasteiger partial charge in [-0.1, -0.05) is 17.7 Å². The molecule has 2 aromatic rings. The van der Waals surface area contributed by atoms with Crippen LogP contribution >= 0.6 is 11.6 Å². The number of anilines is 2. The zero-order valence-electron chi connectivity index (χ0n) is 12.1. The Morgan fingerprint density at radius 2 is 1.96 bits per heavy atom. The van der Waals surface area contributed by atoms with E-state index >= 15 is 0 Å². The van der Waals surface area contributed by atoms with Gasteiger partial charge < -0.3 is 10.6 Å². The van der Waals surface area contributed by atoms with E-state index in [9.17, 15) is 18.0 Å². The summed E-state index contributed by atoms with van der Waals surface area (Å²) >= 11 is 5.59. The Balaban J connectivity index is 2.06. The third-order valence-electron chi connectivity index (χ3n) is 3.00. The van der Waals surface area contributed by atoms with Gasteiger partial charge in [0.2, 0.25) is 5.91 Å². The van der Waals surface area contributed by atoms with Crippen molar-refractivity contribution in [1.82, 2.24) is 0 Å². The van der Waals surface area contributed by atoms with E-state index in [1.54, 1.807) is 18.2 Å². The Morgan fingerprint density at radius 3 is 2.62 bits per heavy atom. The summed E-state index contributed by atoms with van der Waals surface area (Å²) in [5, 5.41) is 13.7. The first-order valence-corrected chi connectivity index (χ1v) is 7.08. The molecule has 0 atom stereocenters. The molecule has 0 saturated heterocycles. The number of hydrogen-bond donors (Lipinski definition) is 2. The summed E-state index contributed by atoms with van der Waals surface area (Å²) in [4.78, 5) is 11.8. The average Bonchev–Trinajstić information content (AvgIpc) is 2.53. The van der Waals surface area contributed by atoms with Crippen molar-refractivity contribution in [2.24, 2.45) is 0 Å². The van der Waals surface area contributed by atoms with Gasteiger partial charge in [0, 0.05) is 16.4 Å². The minimum absolute atomic E-state index is 0.0503. The molecule has 2 rings (SSSR count). The molecule has 0 unspecified atom stereocenters. The molecule has 0 radical (unpaired) electrons. The van der Waals surface area contributed by atoms with Crippen LogP contribution in [0.5, 0.6) is 0 Å². The third kappa shape index (κ3) is 4.64. The van der Waals surface area contributed by atoms with Crippen molar-refractivity contribution in [3.8, 4) is 6.07 Å². The van der Waals surface area contributed by atoms with Crippen LogP contribution in [0.15, 0.2) is 42.5 Å². The van der Waals surface area contributed by atoms with Gasteiger partial charge in [0.25, 0.3) is 0 Å². The van der Waals surface area contributed by atoms with E-state index in [4.69, 9.17) is 16.9 Å². The SMILES string of the molecule is N#Cc1cccc(NC(=O)CNc2ccc(Cl)cc2C(F)(F)F)c1. The zero-order chi connectivity index (χ0) is 17.7. The molecule has 2 aromatic carbocycles. The zero-order valence-corrected chi connectivity index (χ0v) is 12.9. The molecule has 4 nitrogen and oxygen atoms in total. The molecule has 0 aliphatic carbocycles. The maximum absolute atomic E-state index is 13.0. The number of amides is 1. The number of nitriles is 1. The molecule has 24 heavy (non-hydrogen) atoms. The Bertz CT molecular complexity index is 800. The molecule has 8 heteroatoms. The first-order valence-electron chi connectivity index (χ1n) is 6.70. The van der Waals surface area contributed by atoms with Crippen molar-refractivity contribution in [3.63, 3.8) is 0 Å². The fourth-order valence-electron chi connectivity index (χ4n) is 1.95. The summed E-state index contributed by atoms with van der Waals surface area (Å²) in [6, 6.07) is 11.4. The number of nitrogens with one attached hydrogen (secondary N) is 2. The number of alkyl halides is 3. The smallest absolute Gasteiger partial charge is 0.376 e. The van der Waals surface area contributed by atoms with Gasteiger partial charge >= 0.3 is 6.18 Å². The van der Waals surface area contributed by atoms with Crippen molar-refractivity contribution in [3.05, 3.63) is 58.6 Å². The lowest BCUT2D eigenvalue weighted by Gasteiger charge is -2.15. The van der Waals surface area contributed by atoms with Crippen LogP contribution in [0.1, 0.15) is 11.1 Å². The van der Waals surface area contributed by atoms with E-state index in [1.165, 1.54) is 12.1 Å². The summed E-state index contributed by atoms with van der Waals surface area (Å²) in [6.07, 6.45) is -4.59. The van der Waals surface area contributed by atoms with Crippen molar-refractivity contribution in [1.29, 1.82) is 5.26 Å². The standard InChI is InChI=1S/C16H11ClF3N3O/c17-11-4-5-14(13(7-11)16(18,19)20)22-9-15(24)23-12-3-1-2-10(6-12)8-21/h1-7,22H,9H2,(H,23,24). The van der Waals surface area contributed by atoms with Crippen LogP contribution in [-0.4, -0.2) is 12.5 Å². The quantitative estimate of drug-likeness (QED) is 0.862. The largest absolute Gasteiger partial charge is 0.418 e. The molecular weight excluding hydrogens is 343 g/mol. The normalized spacial score (nSPS) is 10.8. The number of rotatable bonds is 4. The van der Waals surface area contributed by atoms with Crippen LogP contribution < -0.4 is 10.6 Å². The Hall–Kier alpha value is -2.72. The Labute approximate surface area is 140 Å². The van der Waals surface area contributed by atoms with Gasteiger partial charge in [-0.15, -0.1) is 0 Å². The molecule has 0 aromatic heterocycles. The van der Waals surface area contributed by atoms with Crippen molar-refractivity contribution in [2.75, 3.05) is 17.2 Å². The van der Waals surface area contributed by atoms with Crippen molar-refractivity contribution >= 4 is 28.9 Å². The Kier molecular flexibility index (Phi) is 5.31. The first kappa shape index (κ1) is 17.6. The van der Waals surface area contributed by atoms with Crippen molar-refractivity contribution < 1.29 is 18.0 Å². The van der Waals surface area contributed by atoms with E-state index < -0.39 is 17.6 Å². The number of carbonyl (C=O) groups excluding carboxylic acids is 1. The molecule has 124 valence electrons. The first-order chi connectivity index (χ1) is 11.3. The predicted octanol–water partition coefficient (Wildman–Crippen LogP) is 4.28. The summed E-state index contributed by atoms with van der Waals surface area (Å²) in [7, 11) is 0. The second-order valence-corrected chi connectivity index (χ2v) is 5.22. The molecule has 0 spiro atoms. The Morgan fingerprint density at radius 1 is 1.21 bits per heavy atom. The lowest BCUT2D eigenvalue weighted by Crippen LogP contribution is -2.23. The monoisotopic (exact) mass is 353 g/mol. The molecule has 0 saturated carbocycles. The second kappa shape index (κ2) is 7.23. The number of hydrogen-bond acceptors (Lipinski definition) is 3. The maximum Gasteiger partial charge on any atom is 0.418 e. The minimum Gasteiger partial charge on any atom is -0.376 e. The third-order valence-corrected chi connectivity index (χ3v) is 3.24. The summed E-state index contributed by atoms with van der Waals surface area (Å²) in [6.45, 7) is -0.374. The predicted molar refractivity (Wildman–Crippen MR) is 84.7 cm³/mol. The highest BCUT2D eigenvalue weighted by atomic mass is 35.5.